The van der Waals surface area contributed by atoms with Crippen LogP contribution in [0.1, 0.15) is 55.6 Å². The van der Waals surface area contributed by atoms with Gasteiger partial charge in [0.1, 0.15) is 0 Å². The first-order chi connectivity index (χ1) is 44.6. The Morgan fingerprint density at radius 2 is 0.422 bits per heavy atom. The first-order valence-electron chi connectivity index (χ1n) is 31.1. The van der Waals surface area contributed by atoms with Gasteiger partial charge < -0.3 is 9.80 Å². The number of anilines is 6. The highest BCUT2D eigenvalue weighted by Gasteiger charge is 2.48. The van der Waals surface area contributed by atoms with Crippen molar-refractivity contribution in [2.45, 2.75) is 10.8 Å². The predicted octanol–water partition coefficient (Wildman–Crippen LogP) is 22.9. The van der Waals surface area contributed by atoms with Crippen molar-refractivity contribution in [3.63, 3.8) is 0 Å². The minimum Gasteiger partial charge on any atom is -0.310 e. The van der Waals surface area contributed by atoms with Gasteiger partial charge in [-0.1, -0.05) is 291 Å². The number of fused-ring (bicyclic) bond motifs is 6. The molecule has 0 unspecified atom stereocenters. The smallest absolute Gasteiger partial charge is 0.0714 e. The average molecular weight is 1150 g/mol. The SMILES string of the molecule is C(=Cc1ccc2c(c1)C(c1ccccc1)(c1ccccc1)c1cc(N(c3ccccc3)c3ccc(-c4ccccc4)cc3)ccc1-2)c1ccc2c(c1)C(c1ccccc1)(c1ccccc1)c1cc(N(c3ccccc3)c3ccc(-c4ccccc4)cc3)ccc1-2. The number of benzene rings is 14. The summed E-state index contributed by atoms with van der Waals surface area (Å²) in [7, 11) is 0. The Morgan fingerprint density at radius 1 is 0.189 bits per heavy atom. The van der Waals surface area contributed by atoms with Crippen molar-refractivity contribution in [3.05, 3.63) is 420 Å². The second-order valence-corrected chi connectivity index (χ2v) is 23.5. The summed E-state index contributed by atoms with van der Waals surface area (Å²) in [6, 6.07) is 134. The van der Waals surface area contributed by atoms with Crippen molar-refractivity contribution in [1.82, 2.24) is 0 Å². The van der Waals surface area contributed by atoms with E-state index in [-0.39, 0.29) is 0 Å². The minimum atomic E-state index is -0.641. The van der Waals surface area contributed by atoms with Gasteiger partial charge in [0.2, 0.25) is 0 Å². The zero-order valence-corrected chi connectivity index (χ0v) is 49.7. The summed E-state index contributed by atoms with van der Waals surface area (Å²) in [4.78, 5) is 4.80. The van der Waals surface area contributed by atoms with Gasteiger partial charge in [0, 0.05) is 34.1 Å². The average Bonchev–Trinajstić information content (AvgIpc) is 1.55. The van der Waals surface area contributed by atoms with Gasteiger partial charge in [0.15, 0.2) is 0 Å². The van der Waals surface area contributed by atoms with Crippen LogP contribution in [0.3, 0.4) is 0 Å². The van der Waals surface area contributed by atoms with Crippen molar-refractivity contribution in [2.75, 3.05) is 9.80 Å². The van der Waals surface area contributed by atoms with Crippen LogP contribution >= 0.6 is 0 Å². The largest absolute Gasteiger partial charge is 0.310 e. The standard InChI is InChI=1S/C88H62N2/c1-9-25-65(26-10-1)67-45-49-75(50-46-67)89(73-37-21-7-22-38-73)77-53-57-81-79-55-43-63(59-83(79)87(85(81)61-77,69-29-13-3-14-30-69)70-31-15-4-16-32-70)41-42-64-44-56-80-82-58-54-78(62-86(82)88(84(80)60-64,71-33-17-5-18-34-71)72-35-19-6-20-36-72)90(74-39-23-8-24-40-74)76-51-47-68(48-52-76)66-27-11-2-12-28-66/h1-62H. The molecular formula is C88H62N2. The van der Waals surface area contributed by atoms with E-state index < -0.39 is 10.8 Å². The molecule has 0 spiro atoms. The molecule has 2 aliphatic carbocycles. The van der Waals surface area contributed by atoms with Crippen LogP contribution in [0.25, 0.3) is 56.7 Å². The van der Waals surface area contributed by atoms with Crippen molar-refractivity contribution >= 4 is 46.3 Å². The molecule has 0 N–H and O–H groups in total. The van der Waals surface area contributed by atoms with Crippen LogP contribution in [-0.2, 0) is 10.8 Å². The lowest BCUT2D eigenvalue weighted by Gasteiger charge is -2.35. The number of para-hydroxylation sites is 2. The molecule has 90 heavy (non-hydrogen) atoms. The molecule has 16 rings (SSSR count). The molecule has 2 heteroatoms. The molecule has 0 aliphatic heterocycles. The molecule has 0 radical (unpaired) electrons. The molecule has 2 aliphatic rings. The van der Waals surface area contributed by atoms with Crippen LogP contribution in [0.4, 0.5) is 34.1 Å². The van der Waals surface area contributed by atoms with Crippen molar-refractivity contribution in [2.24, 2.45) is 0 Å². The lowest BCUT2D eigenvalue weighted by atomic mass is 9.67. The summed E-state index contributed by atoms with van der Waals surface area (Å²) in [6.07, 6.45) is 4.64. The lowest BCUT2D eigenvalue weighted by molar-refractivity contribution is 0.768. The molecule has 14 aromatic rings. The first-order valence-corrected chi connectivity index (χ1v) is 31.1. The highest BCUT2D eigenvalue weighted by Crippen LogP contribution is 2.60. The monoisotopic (exact) mass is 1150 g/mol. The third-order valence-corrected chi connectivity index (χ3v) is 18.6. The number of hydrogen-bond donors (Lipinski definition) is 0. The summed E-state index contributed by atoms with van der Waals surface area (Å²) in [6.45, 7) is 0. The normalized spacial score (nSPS) is 13.0. The molecule has 0 heterocycles. The van der Waals surface area contributed by atoms with E-state index in [0.717, 1.165) is 45.3 Å². The molecule has 0 saturated heterocycles. The summed E-state index contributed by atoms with van der Waals surface area (Å²) < 4.78 is 0. The van der Waals surface area contributed by atoms with E-state index in [4.69, 9.17) is 0 Å². The fraction of sp³-hybridized carbons (Fsp3) is 0.0227. The highest BCUT2D eigenvalue weighted by atomic mass is 15.1. The molecule has 2 nitrogen and oxygen atoms in total. The molecule has 0 saturated carbocycles. The summed E-state index contributed by atoms with van der Waals surface area (Å²) in [5.41, 5.74) is 27.2. The van der Waals surface area contributed by atoms with E-state index in [1.807, 2.05) is 0 Å². The second-order valence-electron chi connectivity index (χ2n) is 23.5. The van der Waals surface area contributed by atoms with Crippen LogP contribution in [0.15, 0.2) is 364 Å². The summed E-state index contributed by atoms with van der Waals surface area (Å²) in [5, 5.41) is 0. The van der Waals surface area contributed by atoms with Gasteiger partial charge >= 0.3 is 0 Å². The van der Waals surface area contributed by atoms with Crippen molar-refractivity contribution in [1.29, 1.82) is 0 Å². The molecule has 424 valence electrons. The maximum Gasteiger partial charge on any atom is 0.0714 e. The number of nitrogens with zero attached hydrogens (tertiary/aromatic N) is 2. The van der Waals surface area contributed by atoms with Crippen LogP contribution in [-0.4, -0.2) is 0 Å². The highest BCUT2D eigenvalue weighted by molar-refractivity contribution is 5.93. The van der Waals surface area contributed by atoms with E-state index in [9.17, 15) is 0 Å². The van der Waals surface area contributed by atoms with Gasteiger partial charge in [-0.25, -0.2) is 0 Å². The van der Waals surface area contributed by atoms with Gasteiger partial charge in [0.05, 0.1) is 10.8 Å². The Bertz CT molecular complexity index is 4480. The third-order valence-electron chi connectivity index (χ3n) is 18.6. The Balaban J connectivity index is 0.821. The molecule has 14 aromatic carbocycles. The van der Waals surface area contributed by atoms with Gasteiger partial charge in [-0.2, -0.15) is 0 Å². The van der Waals surface area contributed by atoms with E-state index in [1.165, 1.54) is 89.0 Å². The van der Waals surface area contributed by atoms with E-state index in [0.29, 0.717) is 0 Å². The number of hydrogen-bond acceptors (Lipinski definition) is 2. The van der Waals surface area contributed by atoms with Gasteiger partial charge in [-0.3, -0.25) is 0 Å². The Kier molecular flexibility index (Phi) is 13.7. The Morgan fingerprint density at radius 3 is 0.733 bits per heavy atom. The zero-order valence-electron chi connectivity index (χ0n) is 49.7. The first kappa shape index (κ1) is 53.9. The molecule has 0 atom stereocenters. The van der Waals surface area contributed by atoms with Gasteiger partial charge in [-0.05, 0) is 185 Å². The molecular weight excluding hydrogens is 1080 g/mol. The van der Waals surface area contributed by atoms with Crippen molar-refractivity contribution < 1.29 is 0 Å². The van der Waals surface area contributed by atoms with Gasteiger partial charge in [0.25, 0.3) is 0 Å². The van der Waals surface area contributed by atoms with Gasteiger partial charge in [-0.15, -0.1) is 0 Å². The summed E-state index contributed by atoms with van der Waals surface area (Å²) >= 11 is 0. The zero-order chi connectivity index (χ0) is 59.9. The van der Waals surface area contributed by atoms with E-state index >= 15 is 0 Å². The van der Waals surface area contributed by atoms with E-state index in [2.05, 4.69) is 386 Å². The number of rotatable bonds is 14. The topological polar surface area (TPSA) is 6.48 Å². The van der Waals surface area contributed by atoms with E-state index in [1.54, 1.807) is 0 Å². The molecule has 0 bridgehead atoms. The Labute approximate surface area is 527 Å². The van der Waals surface area contributed by atoms with Crippen LogP contribution in [0.2, 0.25) is 0 Å². The maximum atomic E-state index is 2.46. The second kappa shape index (κ2) is 22.9. The predicted molar refractivity (Wildman–Crippen MR) is 377 cm³/mol. The van der Waals surface area contributed by atoms with Crippen LogP contribution < -0.4 is 9.80 Å². The molecule has 0 amide bonds. The maximum absolute atomic E-state index is 2.46. The van der Waals surface area contributed by atoms with Crippen molar-refractivity contribution in [3.8, 4) is 44.5 Å². The quantitative estimate of drug-likeness (QED) is 0.100. The fourth-order valence-electron chi connectivity index (χ4n) is 14.6. The molecule has 0 aromatic heterocycles. The minimum absolute atomic E-state index is 0.641. The lowest BCUT2D eigenvalue weighted by Crippen LogP contribution is -2.29. The Hall–Kier alpha value is -11.6. The van der Waals surface area contributed by atoms with Crippen LogP contribution in [0.5, 0.6) is 0 Å². The summed E-state index contributed by atoms with van der Waals surface area (Å²) in [5.74, 6) is 0. The van der Waals surface area contributed by atoms with Crippen LogP contribution in [0, 0.1) is 0 Å². The fourth-order valence-corrected chi connectivity index (χ4v) is 14.6. The molecule has 0 fully saturated rings. The third kappa shape index (κ3) is 9.20.